The predicted octanol–water partition coefficient (Wildman–Crippen LogP) is 4.43. The highest BCUT2D eigenvalue weighted by Crippen LogP contribution is 2.36. The monoisotopic (exact) mass is 321 g/mol. The zero-order chi connectivity index (χ0) is 16.2. The number of aromatic nitrogens is 1. The molecular formula is C19H14ClN2O. The van der Waals surface area contributed by atoms with Crippen LogP contribution in [0.2, 0.25) is 5.02 Å². The van der Waals surface area contributed by atoms with E-state index in [0.29, 0.717) is 23.1 Å². The summed E-state index contributed by atoms with van der Waals surface area (Å²) in [4.78, 5) is 4.51. The molecular weight excluding hydrogens is 308 g/mol. The van der Waals surface area contributed by atoms with Gasteiger partial charge < -0.3 is 4.74 Å². The van der Waals surface area contributed by atoms with E-state index in [-0.39, 0.29) is 0 Å². The summed E-state index contributed by atoms with van der Waals surface area (Å²) in [6.45, 7) is 2.33. The summed E-state index contributed by atoms with van der Waals surface area (Å²) in [5.74, 6) is 1.35. The topological polar surface area (TPSA) is 45.9 Å². The molecule has 1 fully saturated rings. The minimum Gasteiger partial charge on any atom is -0.477 e. The van der Waals surface area contributed by atoms with Gasteiger partial charge in [-0.15, -0.1) is 0 Å². The fourth-order valence-electron chi connectivity index (χ4n) is 2.42. The zero-order valence-corrected chi connectivity index (χ0v) is 13.3. The van der Waals surface area contributed by atoms with Crippen molar-refractivity contribution in [2.45, 2.75) is 6.92 Å². The minimum atomic E-state index is 0.360. The van der Waals surface area contributed by atoms with Gasteiger partial charge in [0.25, 0.3) is 0 Å². The highest BCUT2D eigenvalue weighted by Gasteiger charge is 2.24. The summed E-state index contributed by atoms with van der Waals surface area (Å²) in [6.07, 6.45) is 7.88. The quantitative estimate of drug-likeness (QED) is 0.837. The fraction of sp³-hybridized carbons (Fsp3) is 0.105. The van der Waals surface area contributed by atoms with Crippen molar-refractivity contribution >= 4 is 11.6 Å². The number of benzene rings is 1. The van der Waals surface area contributed by atoms with Crippen LogP contribution in [0.25, 0.3) is 11.1 Å². The Balaban J connectivity index is 2.14. The molecule has 1 aromatic heterocycles. The average Bonchev–Trinajstić information content (AvgIpc) is 3.10. The molecule has 3 rings (SSSR count). The highest BCUT2D eigenvalue weighted by molar-refractivity contribution is 6.30. The number of nitrogens with zero attached hydrogens (tertiary/aromatic N) is 2. The van der Waals surface area contributed by atoms with Gasteiger partial charge in [0.2, 0.25) is 5.88 Å². The number of ether oxygens (including phenoxy) is 1. The number of hydrogen-bond acceptors (Lipinski definition) is 3. The maximum absolute atomic E-state index is 9.57. The Labute approximate surface area is 141 Å². The molecule has 0 N–H and O–H groups in total. The molecule has 5 radical (unpaired) electrons. The lowest BCUT2D eigenvalue weighted by molar-refractivity contribution is 0.325. The van der Waals surface area contributed by atoms with Crippen molar-refractivity contribution < 1.29 is 4.74 Å². The minimum absolute atomic E-state index is 0.360. The molecule has 4 heteroatoms. The maximum Gasteiger partial charge on any atom is 0.232 e. The maximum atomic E-state index is 9.57. The molecule has 23 heavy (non-hydrogen) atoms. The van der Waals surface area contributed by atoms with Crippen molar-refractivity contribution in [1.82, 2.24) is 4.98 Å². The van der Waals surface area contributed by atoms with E-state index in [1.807, 2.05) is 50.8 Å². The van der Waals surface area contributed by atoms with Gasteiger partial charge in [0.15, 0.2) is 0 Å². The van der Waals surface area contributed by atoms with Crippen LogP contribution in [-0.2, 0) is 0 Å². The molecule has 1 aliphatic rings. The van der Waals surface area contributed by atoms with Gasteiger partial charge in [-0.05, 0) is 56.4 Å². The summed E-state index contributed by atoms with van der Waals surface area (Å²) in [7, 11) is 0. The third-order valence-corrected chi connectivity index (χ3v) is 3.74. The van der Waals surface area contributed by atoms with Gasteiger partial charge in [-0.1, -0.05) is 23.7 Å². The molecule has 0 saturated heterocycles. The number of halogens is 1. The Morgan fingerprint density at radius 2 is 1.87 bits per heavy atom. The van der Waals surface area contributed by atoms with Crippen molar-refractivity contribution in [2.75, 3.05) is 6.61 Å². The van der Waals surface area contributed by atoms with Crippen LogP contribution in [0.3, 0.4) is 0 Å². The number of rotatable bonds is 4. The molecule has 0 bridgehead atoms. The van der Waals surface area contributed by atoms with Crippen LogP contribution in [0.1, 0.15) is 18.2 Å². The van der Waals surface area contributed by atoms with Gasteiger partial charge in [-0.25, -0.2) is 4.98 Å². The average molecular weight is 322 g/mol. The second-order valence-electron chi connectivity index (χ2n) is 4.96. The Bertz CT molecular complexity index is 728. The molecule has 0 amide bonds. The first-order valence-electron chi connectivity index (χ1n) is 7.29. The van der Waals surface area contributed by atoms with E-state index in [9.17, 15) is 5.26 Å². The third-order valence-electron chi connectivity index (χ3n) is 3.49. The first-order valence-corrected chi connectivity index (χ1v) is 7.66. The van der Waals surface area contributed by atoms with Gasteiger partial charge in [0.05, 0.1) is 12.3 Å². The molecule has 3 nitrogen and oxygen atoms in total. The summed E-state index contributed by atoms with van der Waals surface area (Å²) >= 11 is 5.96. The van der Waals surface area contributed by atoms with E-state index >= 15 is 0 Å². The summed E-state index contributed by atoms with van der Waals surface area (Å²) in [5.41, 5.74) is 2.91. The Morgan fingerprint density at radius 1 is 1.17 bits per heavy atom. The normalized spacial score (nSPS) is 14.7. The molecule has 1 aromatic carbocycles. The predicted molar refractivity (Wildman–Crippen MR) is 90.1 cm³/mol. The van der Waals surface area contributed by atoms with Gasteiger partial charge in [0, 0.05) is 16.5 Å². The summed E-state index contributed by atoms with van der Waals surface area (Å²) in [5, 5.41) is 10.2. The Kier molecular flexibility index (Phi) is 4.83. The van der Waals surface area contributed by atoms with Gasteiger partial charge in [0.1, 0.15) is 11.6 Å². The van der Waals surface area contributed by atoms with Crippen LogP contribution in [0, 0.1) is 42.9 Å². The van der Waals surface area contributed by atoms with Gasteiger partial charge in [-0.2, -0.15) is 5.26 Å². The molecule has 0 spiro atoms. The van der Waals surface area contributed by atoms with Crippen molar-refractivity contribution in [2.24, 2.45) is 0 Å². The van der Waals surface area contributed by atoms with E-state index in [4.69, 9.17) is 16.3 Å². The largest absolute Gasteiger partial charge is 0.477 e. The SMILES string of the molecule is CCOc1nc([C]2[CH][CH][CH][CH]2)cc(-c2ccc(Cl)cc2)c1C#N. The first-order chi connectivity index (χ1) is 11.2. The molecule has 0 unspecified atom stereocenters. The first kappa shape index (κ1) is 15.8. The molecule has 1 saturated carbocycles. The van der Waals surface area contributed by atoms with E-state index in [2.05, 4.69) is 11.1 Å². The van der Waals surface area contributed by atoms with E-state index in [1.165, 1.54) is 0 Å². The fourth-order valence-corrected chi connectivity index (χ4v) is 2.55. The second kappa shape index (κ2) is 7.02. The lowest BCUT2D eigenvalue weighted by Crippen LogP contribution is -2.05. The van der Waals surface area contributed by atoms with Gasteiger partial charge >= 0.3 is 0 Å². The molecule has 2 aromatic rings. The lowest BCUT2D eigenvalue weighted by atomic mass is 9.96. The van der Waals surface area contributed by atoms with E-state index in [0.717, 1.165) is 22.7 Å². The number of hydrogen-bond donors (Lipinski definition) is 0. The van der Waals surface area contributed by atoms with Crippen molar-refractivity contribution in [1.29, 1.82) is 5.26 Å². The standard InChI is InChI=1S/C19H14ClN2O/c1-2-23-19-17(12-21)16(13-7-9-15(20)10-8-13)11-18(22-19)14-5-3-4-6-14/h3-11H,2H2,1H3. The van der Waals surface area contributed by atoms with Crippen molar-refractivity contribution in [3.8, 4) is 23.1 Å². The molecule has 0 aliphatic heterocycles. The van der Waals surface area contributed by atoms with Gasteiger partial charge in [-0.3, -0.25) is 0 Å². The summed E-state index contributed by atoms with van der Waals surface area (Å²) < 4.78 is 5.59. The Morgan fingerprint density at radius 3 is 2.48 bits per heavy atom. The summed E-state index contributed by atoms with van der Waals surface area (Å²) in [6, 6.07) is 11.5. The second-order valence-corrected chi connectivity index (χ2v) is 5.40. The highest BCUT2D eigenvalue weighted by atomic mass is 35.5. The molecule has 1 aliphatic carbocycles. The van der Waals surface area contributed by atoms with Crippen molar-refractivity contribution in [3.05, 3.63) is 78.2 Å². The molecule has 0 atom stereocenters. The lowest BCUT2D eigenvalue weighted by Gasteiger charge is -2.15. The van der Waals surface area contributed by atoms with Crippen LogP contribution in [0.15, 0.2) is 30.3 Å². The third kappa shape index (κ3) is 3.33. The number of nitriles is 1. The Hall–Kier alpha value is -2.05. The molecule has 113 valence electrons. The number of pyridine rings is 1. The smallest absolute Gasteiger partial charge is 0.232 e. The van der Waals surface area contributed by atoms with E-state index < -0.39 is 0 Å². The van der Waals surface area contributed by atoms with Crippen molar-refractivity contribution in [3.63, 3.8) is 0 Å². The van der Waals surface area contributed by atoms with Crippen LogP contribution in [0.5, 0.6) is 5.88 Å². The zero-order valence-electron chi connectivity index (χ0n) is 12.6. The van der Waals surface area contributed by atoms with E-state index in [1.54, 1.807) is 12.1 Å². The van der Waals surface area contributed by atoms with Crippen LogP contribution in [0.4, 0.5) is 0 Å². The van der Waals surface area contributed by atoms with Crippen LogP contribution in [-0.4, -0.2) is 11.6 Å². The van der Waals surface area contributed by atoms with Crippen LogP contribution >= 0.6 is 11.6 Å². The van der Waals surface area contributed by atoms with Crippen LogP contribution < -0.4 is 4.74 Å². The molecule has 1 heterocycles.